The van der Waals surface area contributed by atoms with E-state index in [1.165, 1.54) is 19.0 Å². The van der Waals surface area contributed by atoms with Crippen molar-refractivity contribution < 1.29 is 18.0 Å². The Hall–Kier alpha value is -2.33. The molecule has 39 heavy (non-hydrogen) atoms. The second-order valence-corrected chi connectivity index (χ2v) is 13.2. The number of nitrogens with zero attached hydrogens (tertiary/aromatic N) is 3. The number of nitrogens with one attached hydrogen (secondary N) is 1. The van der Waals surface area contributed by atoms with E-state index in [1.807, 2.05) is 26.0 Å². The average Bonchev–Trinajstić information content (AvgIpc) is 3.38. The number of rotatable bonds is 11. The molecular formula is C28H38Cl2N4O4S. The lowest BCUT2D eigenvalue weighted by molar-refractivity contribution is -0.140. The summed E-state index contributed by atoms with van der Waals surface area (Å²) >= 11 is 12.4. The summed E-state index contributed by atoms with van der Waals surface area (Å²) in [5, 5.41) is 3.81. The zero-order valence-corrected chi connectivity index (χ0v) is 25.5. The maximum Gasteiger partial charge on any atom is 0.304 e. The van der Waals surface area contributed by atoms with E-state index in [2.05, 4.69) is 5.32 Å². The molecule has 1 aliphatic rings. The number of anilines is 1. The maximum atomic E-state index is 14.1. The lowest BCUT2D eigenvalue weighted by Crippen LogP contribution is -2.54. The molecule has 1 fully saturated rings. The molecule has 1 N–H and O–H groups in total. The molecular weight excluding hydrogens is 559 g/mol. The summed E-state index contributed by atoms with van der Waals surface area (Å²) in [4.78, 5) is 29.0. The fourth-order valence-corrected chi connectivity index (χ4v) is 6.25. The van der Waals surface area contributed by atoms with Crippen LogP contribution in [0, 0.1) is 13.8 Å². The van der Waals surface area contributed by atoms with Gasteiger partial charge in [-0.15, -0.1) is 0 Å². The van der Waals surface area contributed by atoms with E-state index in [-0.39, 0.29) is 18.5 Å². The topological polar surface area (TPSA) is 90.0 Å². The molecule has 0 heterocycles. The van der Waals surface area contributed by atoms with E-state index < -0.39 is 28.7 Å². The number of hydrogen-bond donors (Lipinski definition) is 1. The van der Waals surface area contributed by atoms with Crippen LogP contribution >= 0.6 is 23.2 Å². The largest absolute Gasteiger partial charge is 0.352 e. The molecule has 214 valence electrons. The first-order valence-electron chi connectivity index (χ1n) is 13.2. The summed E-state index contributed by atoms with van der Waals surface area (Å²) in [6.45, 7) is 5.10. The number of halogens is 2. The third-order valence-corrected chi connectivity index (χ3v) is 9.62. The first-order valence-corrected chi connectivity index (χ1v) is 15.3. The molecule has 0 saturated heterocycles. The highest BCUT2D eigenvalue weighted by Gasteiger charge is 2.35. The van der Waals surface area contributed by atoms with Crippen LogP contribution in [-0.2, 0) is 26.3 Å². The van der Waals surface area contributed by atoms with Crippen LogP contribution in [0.1, 0.15) is 55.7 Å². The monoisotopic (exact) mass is 596 g/mol. The Balaban J connectivity index is 2.02. The van der Waals surface area contributed by atoms with Crippen LogP contribution in [-0.4, -0.2) is 62.2 Å². The summed E-state index contributed by atoms with van der Waals surface area (Å²) in [7, 11) is -1.18. The molecule has 0 spiro atoms. The third-order valence-electron chi connectivity index (χ3n) is 7.08. The lowest BCUT2D eigenvalue weighted by Gasteiger charge is -2.34. The van der Waals surface area contributed by atoms with Crippen LogP contribution in [0.25, 0.3) is 0 Å². The van der Waals surface area contributed by atoms with Gasteiger partial charge in [-0.05, 0) is 68.0 Å². The normalized spacial score (nSPS) is 14.9. The van der Waals surface area contributed by atoms with E-state index in [4.69, 9.17) is 23.2 Å². The molecule has 0 bridgehead atoms. The van der Waals surface area contributed by atoms with Gasteiger partial charge in [-0.25, -0.2) is 4.31 Å². The Morgan fingerprint density at radius 3 is 2.28 bits per heavy atom. The van der Waals surface area contributed by atoms with Gasteiger partial charge in [0.2, 0.25) is 11.8 Å². The van der Waals surface area contributed by atoms with E-state index in [0.717, 1.165) is 39.9 Å². The van der Waals surface area contributed by atoms with Gasteiger partial charge in [0.15, 0.2) is 0 Å². The van der Waals surface area contributed by atoms with E-state index in [1.54, 1.807) is 31.2 Å². The third kappa shape index (κ3) is 7.66. The SMILES string of the molecule is CCC(C(=O)NC1CCCC1)N(Cc1ccc(Cl)c(Cl)c1)C(=O)CN(c1cc(C)ccc1C)S(=O)(=O)N(C)C. The van der Waals surface area contributed by atoms with Gasteiger partial charge in [0, 0.05) is 26.7 Å². The standard InChI is InChI=1S/C28H38Cl2N4O4S/c1-6-25(28(36)31-22-9-7-8-10-22)33(17-21-13-14-23(29)24(30)16-21)27(35)18-34(39(37,38)32(4)5)26-15-19(2)11-12-20(26)3/h11-16,22,25H,6-10,17-18H2,1-5H3,(H,31,36). The molecule has 0 radical (unpaired) electrons. The molecule has 1 saturated carbocycles. The van der Waals surface area contributed by atoms with Crippen LogP contribution < -0.4 is 9.62 Å². The van der Waals surface area contributed by atoms with Crippen LogP contribution in [0.4, 0.5) is 5.69 Å². The van der Waals surface area contributed by atoms with Gasteiger partial charge in [-0.3, -0.25) is 9.59 Å². The predicted octanol–water partition coefficient (Wildman–Crippen LogP) is 5.09. The molecule has 2 aromatic rings. The maximum absolute atomic E-state index is 14.1. The van der Waals surface area contributed by atoms with Crippen molar-refractivity contribution in [3.05, 3.63) is 63.1 Å². The van der Waals surface area contributed by atoms with Crippen LogP contribution in [0.5, 0.6) is 0 Å². The Bertz CT molecular complexity index is 1300. The number of benzene rings is 2. The summed E-state index contributed by atoms with van der Waals surface area (Å²) in [5.74, 6) is -0.743. The molecule has 0 aliphatic heterocycles. The van der Waals surface area contributed by atoms with Crippen LogP contribution in [0.15, 0.2) is 36.4 Å². The van der Waals surface area contributed by atoms with Crippen molar-refractivity contribution in [1.82, 2.24) is 14.5 Å². The van der Waals surface area contributed by atoms with E-state index >= 15 is 0 Å². The van der Waals surface area contributed by atoms with Gasteiger partial charge in [0.1, 0.15) is 12.6 Å². The molecule has 1 aliphatic carbocycles. The summed E-state index contributed by atoms with van der Waals surface area (Å²) in [6, 6.07) is 9.78. The Labute approximate surface area is 242 Å². The van der Waals surface area contributed by atoms with Gasteiger partial charge < -0.3 is 10.2 Å². The van der Waals surface area contributed by atoms with Gasteiger partial charge in [0.05, 0.1) is 15.7 Å². The van der Waals surface area contributed by atoms with Crippen LogP contribution in [0.3, 0.4) is 0 Å². The molecule has 2 aromatic carbocycles. The van der Waals surface area contributed by atoms with Crippen molar-refractivity contribution in [1.29, 1.82) is 0 Å². The second-order valence-electron chi connectivity index (χ2n) is 10.3. The van der Waals surface area contributed by atoms with Crippen molar-refractivity contribution >= 4 is 50.9 Å². The van der Waals surface area contributed by atoms with Crippen molar-refractivity contribution in [3.63, 3.8) is 0 Å². The fraction of sp³-hybridized carbons (Fsp3) is 0.500. The zero-order valence-electron chi connectivity index (χ0n) is 23.2. The second kappa shape index (κ2) is 13.4. The quantitative estimate of drug-likeness (QED) is 0.391. The number of carbonyl (C=O) groups is 2. The first kappa shape index (κ1) is 31.2. The molecule has 1 unspecified atom stereocenters. The van der Waals surface area contributed by atoms with Crippen molar-refractivity contribution in [3.8, 4) is 0 Å². The van der Waals surface area contributed by atoms with Crippen LogP contribution in [0.2, 0.25) is 10.0 Å². The zero-order chi connectivity index (χ0) is 28.9. The summed E-state index contributed by atoms with van der Waals surface area (Å²) in [6.07, 6.45) is 4.28. The highest BCUT2D eigenvalue weighted by Crippen LogP contribution is 2.28. The van der Waals surface area contributed by atoms with Gasteiger partial charge in [0.25, 0.3) is 0 Å². The minimum absolute atomic E-state index is 0.0645. The Kier molecular flexibility index (Phi) is 10.7. The van der Waals surface area contributed by atoms with E-state index in [0.29, 0.717) is 33.3 Å². The smallest absolute Gasteiger partial charge is 0.304 e. The van der Waals surface area contributed by atoms with Gasteiger partial charge >= 0.3 is 10.2 Å². The number of hydrogen-bond acceptors (Lipinski definition) is 4. The number of aryl methyl sites for hydroxylation is 2. The molecule has 0 aromatic heterocycles. The minimum Gasteiger partial charge on any atom is -0.352 e. The minimum atomic E-state index is -4.04. The average molecular weight is 598 g/mol. The molecule has 3 rings (SSSR count). The molecule has 1 atom stereocenters. The highest BCUT2D eigenvalue weighted by molar-refractivity contribution is 7.90. The van der Waals surface area contributed by atoms with Crippen molar-refractivity contribution in [2.75, 3.05) is 24.9 Å². The van der Waals surface area contributed by atoms with Gasteiger partial charge in [-0.1, -0.05) is 61.2 Å². The first-order chi connectivity index (χ1) is 18.3. The van der Waals surface area contributed by atoms with Crippen molar-refractivity contribution in [2.45, 2.75) is 71.5 Å². The molecule has 2 amide bonds. The Morgan fingerprint density at radius 2 is 1.69 bits per heavy atom. The van der Waals surface area contributed by atoms with E-state index in [9.17, 15) is 18.0 Å². The molecule has 11 heteroatoms. The Morgan fingerprint density at radius 1 is 1.03 bits per heavy atom. The highest BCUT2D eigenvalue weighted by atomic mass is 35.5. The van der Waals surface area contributed by atoms with Gasteiger partial charge in [-0.2, -0.15) is 12.7 Å². The number of carbonyl (C=O) groups excluding carboxylic acids is 2. The van der Waals surface area contributed by atoms with Crippen molar-refractivity contribution in [2.24, 2.45) is 0 Å². The predicted molar refractivity (Wildman–Crippen MR) is 157 cm³/mol. The fourth-order valence-electron chi connectivity index (χ4n) is 4.81. The summed E-state index contributed by atoms with van der Waals surface area (Å²) in [5.41, 5.74) is 2.66. The summed E-state index contributed by atoms with van der Waals surface area (Å²) < 4.78 is 29.1. The lowest BCUT2D eigenvalue weighted by atomic mass is 10.1. The number of amides is 2. The molecule has 8 nitrogen and oxygen atoms in total.